The van der Waals surface area contributed by atoms with Gasteiger partial charge in [0, 0.05) is 16.9 Å². The second-order valence-electron chi connectivity index (χ2n) is 5.77. The first kappa shape index (κ1) is 17.6. The molecular formula is C17H18N4O2S2. The zero-order valence-electron chi connectivity index (χ0n) is 14.1. The predicted octanol–water partition coefficient (Wildman–Crippen LogP) is 4.50. The monoisotopic (exact) mass is 374 g/mol. The van der Waals surface area contributed by atoms with Gasteiger partial charge in [-0.05, 0) is 19.1 Å². The Bertz CT molecular complexity index is 873. The van der Waals surface area contributed by atoms with Crippen LogP contribution in [0.3, 0.4) is 0 Å². The average Bonchev–Trinajstić information content (AvgIpc) is 3.22. The van der Waals surface area contributed by atoms with Crippen molar-refractivity contribution in [2.45, 2.75) is 37.3 Å². The van der Waals surface area contributed by atoms with E-state index in [1.54, 1.807) is 6.07 Å². The van der Waals surface area contributed by atoms with Crippen LogP contribution in [-0.4, -0.2) is 21.3 Å². The molecule has 0 atom stereocenters. The lowest BCUT2D eigenvalue weighted by molar-refractivity contribution is 0.102. The third kappa shape index (κ3) is 4.46. The van der Waals surface area contributed by atoms with Gasteiger partial charge in [-0.2, -0.15) is 0 Å². The first-order valence-corrected chi connectivity index (χ1v) is 9.62. The summed E-state index contributed by atoms with van der Waals surface area (Å²) in [5, 5.41) is 16.3. The summed E-state index contributed by atoms with van der Waals surface area (Å²) in [6.07, 6.45) is 0. The van der Waals surface area contributed by atoms with Crippen molar-refractivity contribution < 1.29 is 9.32 Å². The Kier molecular flexibility index (Phi) is 5.50. The molecule has 1 N–H and O–H groups in total. The van der Waals surface area contributed by atoms with E-state index in [2.05, 4.69) is 20.7 Å². The van der Waals surface area contributed by atoms with Crippen LogP contribution in [0.2, 0.25) is 0 Å². The molecule has 0 saturated heterocycles. The van der Waals surface area contributed by atoms with E-state index in [-0.39, 0.29) is 11.8 Å². The number of rotatable bonds is 6. The van der Waals surface area contributed by atoms with Crippen LogP contribution in [0.25, 0.3) is 0 Å². The molecule has 0 radical (unpaired) electrons. The van der Waals surface area contributed by atoms with Crippen LogP contribution in [0.1, 0.15) is 46.6 Å². The molecule has 2 aromatic heterocycles. The number of amides is 1. The smallest absolute Gasteiger partial charge is 0.258 e. The number of hydrogen-bond acceptors (Lipinski definition) is 7. The maximum atomic E-state index is 12.6. The van der Waals surface area contributed by atoms with Gasteiger partial charge in [0.05, 0.1) is 17.0 Å². The molecule has 0 bridgehead atoms. The van der Waals surface area contributed by atoms with Crippen molar-refractivity contribution >= 4 is 34.1 Å². The summed E-state index contributed by atoms with van der Waals surface area (Å²) in [6, 6.07) is 9.37. The summed E-state index contributed by atoms with van der Waals surface area (Å²) >= 11 is 2.93. The summed E-state index contributed by atoms with van der Waals surface area (Å²) < 4.78 is 5.22. The minimum Gasteiger partial charge on any atom is -0.360 e. The van der Waals surface area contributed by atoms with E-state index in [1.807, 2.05) is 45.0 Å². The van der Waals surface area contributed by atoms with Crippen molar-refractivity contribution in [3.05, 3.63) is 52.4 Å². The molecule has 0 spiro atoms. The maximum Gasteiger partial charge on any atom is 0.258 e. The lowest BCUT2D eigenvalue weighted by Gasteiger charge is -2.07. The highest BCUT2D eigenvalue weighted by atomic mass is 32.2. The summed E-state index contributed by atoms with van der Waals surface area (Å²) in [5.41, 5.74) is 1.45. The van der Waals surface area contributed by atoms with E-state index in [9.17, 15) is 4.79 Å². The minimum atomic E-state index is -0.191. The normalized spacial score (nSPS) is 11.0. The number of nitrogens with one attached hydrogen (secondary N) is 1. The molecule has 0 aliphatic carbocycles. The number of nitrogens with zero attached hydrogens (tertiary/aromatic N) is 3. The molecule has 1 aromatic carbocycles. The Morgan fingerprint density at radius 2 is 2.12 bits per heavy atom. The van der Waals surface area contributed by atoms with Crippen LogP contribution in [0.5, 0.6) is 0 Å². The van der Waals surface area contributed by atoms with Crippen LogP contribution in [0, 0.1) is 6.92 Å². The molecule has 0 aliphatic heterocycles. The molecule has 130 valence electrons. The minimum absolute atomic E-state index is 0.191. The van der Waals surface area contributed by atoms with Gasteiger partial charge in [0.15, 0.2) is 0 Å². The van der Waals surface area contributed by atoms with Gasteiger partial charge in [0.1, 0.15) is 10.8 Å². The number of aromatic nitrogens is 3. The van der Waals surface area contributed by atoms with Crippen LogP contribution in [0.4, 0.5) is 5.13 Å². The molecule has 25 heavy (non-hydrogen) atoms. The number of aryl methyl sites for hydroxylation is 1. The second kappa shape index (κ2) is 7.79. The molecule has 6 nitrogen and oxygen atoms in total. The zero-order valence-corrected chi connectivity index (χ0v) is 15.8. The standard InChI is InChI=1S/C17H18N4O2S2/c1-10(2)16-19-20-17(25-16)18-15(22)13-6-4-5-7-14(13)24-9-12-8-11(3)21-23-12/h4-8,10H,9H2,1-3H3,(H,18,20,22). The fourth-order valence-corrected chi connectivity index (χ4v) is 3.76. The predicted molar refractivity (Wildman–Crippen MR) is 99.2 cm³/mol. The lowest BCUT2D eigenvalue weighted by Crippen LogP contribution is -2.12. The van der Waals surface area contributed by atoms with E-state index >= 15 is 0 Å². The highest BCUT2D eigenvalue weighted by Gasteiger charge is 2.15. The lowest BCUT2D eigenvalue weighted by atomic mass is 10.2. The Balaban J connectivity index is 1.71. The number of carbonyl (C=O) groups excluding carboxylic acids is 1. The third-order valence-electron chi connectivity index (χ3n) is 3.33. The Hall–Kier alpha value is -2.19. The summed E-state index contributed by atoms with van der Waals surface area (Å²) in [6.45, 7) is 5.97. The molecule has 8 heteroatoms. The number of thioether (sulfide) groups is 1. The van der Waals surface area contributed by atoms with E-state index in [0.717, 1.165) is 21.4 Å². The summed E-state index contributed by atoms with van der Waals surface area (Å²) in [7, 11) is 0. The Labute approximate surface area is 154 Å². The van der Waals surface area contributed by atoms with E-state index in [1.165, 1.54) is 23.1 Å². The quantitative estimate of drug-likeness (QED) is 0.640. The Morgan fingerprint density at radius 3 is 2.80 bits per heavy atom. The summed E-state index contributed by atoms with van der Waals surface area (Å²) in [4.78, 5) is 13.5. The molecule has 1 amide bonds. The zero-order chi connectivity index (χ0) is 17.8. The Morgan fingerprint density at radius 1 is 1.32 bits per heavy atom. The molecular weight excluding hydrogens is 356 g/mol. The van der Waals surface area contributed by atoms with Gasteiger partial charge in [0.2, 0.25) is 5.13 Å². The molecule has 0 aliphatic rings. The third-order valence-corrected chi connectivity index (χ3v) is 5.57. The van der Waals surface area contributed by atoms with Crippen LogP contribution >= 0.6 is 23.1 Å². The molecule has 0 saturated carbocycles. The van der Waals surface area contributed by atoms with Crippen molar-refractivity contribution in [3.8, 4) is 0 Å². The van der Waals surface area contributed by atoms with Gasteiger partial charge in [-0.15, -0.1) is 22.0 Å². The number of anilines is 1. The molecule has 2 heterocycles. The van der Waals surface area contributed by atoms with Crippen LogP contribution in [0.15, 0.2) is 39.8 Å². The van der Waals surface area contributed by atoms with Crippen molar-refractivity contribution in [1.29, 1.82) is 0 Å². The van der Waals surface area contributed by atoms with Gasteiger partial charge < -0.3 is 4.52 Å². The molecule has 0 unspecified atom stereocenters. The summed E-state index contributed by atoms with van der Waals surface area (Å²) in [5.74, 6) is 1.49. The van der Waals surface area contributed by atoms with Gasteiger partial charge in [-0.1, -0.05) is 42.5 Å². The fourth-order valence-electron chi connectivity index (χ4n) is 2.10. The van der Waals surface area contributed by atoms with Crippen molar-refractivity contribution in [2.24, 2.45) is 0 Å². The van der Waals surface area contributed by atoms with Gasteiger partial charge in [0.25, 0.3) is 5.91 Å². The van der Waals surface area contributed by atoms with Gasteiger partial charge in [-0.25, -0.2) is 0 Å². The number of benzene rings is 1. The largest absolute Gasteiger partial charge is 0.360 e. The van der Waals surface area contributed by atoms with Crippen LogP contribution < -0.4 is 5.32 Å². The van der Waals surface area contributed by atoms with E-state index < -0.39 is 0 Å². The second-order valence-corrected chi connectivity index (χ2v) is 7.80. The maximum absolute atomic E-state index is 12.6. The molecule has 3 rings (SSSR count). The average molecular weight is 374 g/mol. The topological polar surface area (TPSA) is 80.9 Å². The van der Waals surface area contributed by atoms with Gasteiger partial charge >= 0.3 is 0 Å². The highest BCUT2D eigenvalue weighted by Crippen LogP contribution is 2.28. The van der Waals surface area contributed by atoms with E-state index in [0.29, 0.717) is 16.4 Å². The number of hydrogen-bond donors (Lipinski definition) is 1. The number of carbonyl (C=O) groups is 1. The first-order valence-electron chi connectivity index (χ1n) is 7.81. The fraction of sp³-hybridized carbons (Fsp3) is 0.294. The van der Waals surface area contributed by atoms with Crippen molar-refractivity contribution in [1.82, 2.24) is 15.4 Å². The van der Waals surface area contributed by atoms with Crippen molar-refractivity contribution in [2.75, 3.05) is 5.32 Å². The molecule has 3 aromatic rings. The molecule has 0 fully saturated rings. The van der Waals surface area contributed by atoms with Crippen LogP contribution in [-0.2, 0) is 5.75 Å². The van der Waals surface area contributed by atoms with Crippen molar-refractivity contribution in [3.63, 3.8) is 0 Å². The highest BCUT2D eigenvalue weighted by molar-refractivity contribution is 7.98. The SMILES string of the molecule is Cc1cc(CSc2ccccc2C(=O)Nc2nnc(C(C)C)s2)on1. The first-order chi connectivity index (χ1) is 12.0. The van der Waals surface area contributed by atoms with Gasteiger partial charge in [-0.3, -0.25) is 10.1 Å². The van der Waals surface area contributed by atoms with E-state index in [4.69, 9.17) is 4.52 Å².